The highest BCUT2D eigenvalue weighted by atomic mass is 35.5. The normalized spacial score (nSPS) is 11.0. The molecule has 0 radical (unpaired) electrons. The fraction of sp³-hybridized carbons (Fsp3) is 0.125. The van der Waals surface area contributed by atoms with Gasteiger partial charge in [0.1, 0.15) is 5.69 Å². The summed E-state index contributed by atoms with van der Waals surface area (Å²) in [7, 11) is 0. The predicted molar refractivity (Wildman–Crippen MR) is 58.5 cm³/mol. The van der Waals surface area contributed by atoms with Gasteiger partial charge in [-0.2, -0.15) is 0 Å². The van der Waals surface area contributed by atoms with E-state index >= 15 is 0 Å². The van der Waals surface area contributed by atoms with E-state index in [1.165, 1.54) is 12.1 Å². The lowest BCUT2D eigenvalue weighted by atomic mass is 10.3. The Balaban J connectivity index is 3.07. The Labute approximate surface area is 99.3 Å². The lowest BCUT2D eigenvalue weighted by molar-refractivity contribution is -0.274. The Morgan fingerprint density at radius 3 is 2.56 bits per heavy atom. The van der Waals surface area contributed by atoms with E-state index in [-0.39, 0.29) is 15.8 Å². The molecule has 0 atom stereocenters. The minimum atomic E-state index is -4.81. The monoisotopic (exact) mass is 270 g/mol. The molecule has 0 spiro atoms. The van der Waals surface area contributed by atoms with Gasteiger partial charge in [0.05, 0.1) is 5.02 Å². The second-order valence-corrected chi connectivity index (χ2v) is 3.50. The molecule has 0 saturated carbocycles. The molecule has 1 aromatic carbocycles. The second-order valence-electron chi connectivity index (χ2n) is 2.65. The van der Waals surface area contributed by atoms with Crippen LogP contribution in [0.1, 0.15) is 0 Å². The topological polar surface area (TPSA) is 47.3 Å². The highest BCUT2D eigenvalue weighted by Gasteiger charge is 2.32. The van der Waals surface area contributed by atoms with Crippen molar-refractivity contribution in [3.05, 3.63) is 23.2 Å². The molecule has 0 bridgehead atoms. The van der Waals surface area contributed by atoms with Gasteiger partial charge in [-0.05, 0) is 24.4 Å². The maximum Gasteiger partial charge on any atom is 0.573 e. The number of alkyl halides is 3. The molecule has 0 saturated heterocycles. The second kappa shape index (κ2) is 4.75. The lowest BCUT2D eigenvalue weighted by Crippen LogP contribution is -2.22. The minimum absolute atomic E-state index is 0.0227. The van der Waals surface area contributed by atoms with Crippen molar-refractivity contribution >= 4 is 34.6 Å². The van der Waals surface area contributed by atoms with Gasteiger partial charge < -0.3 is 15.8 Å². The van der Waals surface area contributed by atoms with Crippen molar-refractivity contribution in [1.29, 1.82) is 0 Å². The molecular formula is C8H6ClF3N2OS. The summed E-state index contributed by atoms with van der Waals surface area (Å²) in [5, 5.41) is 2.13. The van der Waals surface area contributed by atoms with E-state index in [0.29, 0.717) is 0 Å². The summed E-state index contributed by atoms with van der Waals surface area (Å²) in [6.07, 6.45) is -4.81. The van der Waals surface area contributed by atoms with Gasteiger partial charge >= 0.3 is 6.36 Å². The van der Waals surface area contributed by atoms with E-state index in [0.717, 1.165) is 6.07 Å². The van der Waals surface area contributed by atoms with E-state index in [2.05, 4.69) is 22.3 Å². The molecule has 1 rings (SSSR count). The maximum absolute atomic E-state index is 12.0. The van der Waals surface area contributed by atoms with Crippen molar-refractivity contribution < 1.29 is 17.9 Å². The number of hydrogen-bond donors (Lipinski definition) is 2. The number of anilines is 1. The molecule has 16 heavy (non-hydrogen) atoms. The van der Waals surface area contributed by atoms with Gasteiger partial charge in [-0.3, -0.25) is 0 Å². The average Bonchev–Trinajstić information content (AvgIpc) is 2.08. The molecule has 0 fully saturated rings. The van der Waals surface area contributed by atoms with Crippen LogP contribution < -0.4 is 15.8 Å². The van der Waals surface area contributed by atoms with Crippen molar-refractivity contribution in [2.75, 3.05) is 5.32 Å². The van der Waals surface area contributed by atoms with Crippen molar-refractivity contribution in [2.24, 2.45) is 5.73 Å². The van der Waals surface area contributed by atoms with Crippen LogP contribution in [-0.4, -0.2) is 11.5 Å². The third kappa shape index (κ3) is 3.74. The van der Waals surface area contributed by atoms with Gasteiger partial charge in [0.2, 0.25) is 0 Å². The molecule has 1 aromatic rings. The van der Waals surface area contributed by atoms with Crippen molar-refractivity contribution in [2.45, 2.75) is 6.36 Å². The number of hydrogen-bond acceptors (Lipinski definition) is 2. The number of rotatable bonds is 2. The first-order chi connectivity index (χ1) is 7.29. The summed E-state index contributed by atoms with van der Waals surface area (Å²) in [6, 6.07) is 3.79. The van der Waals surface area contributed by atoms with E-state index < -0.39 is 12.1 Å². The molecule has 3 N–H and O–H groups in total. The van der Waals surface area contributed by atoms with E-state index in [1.807, 2.05) is 0 Å². The molecule has 3 nitrogen and oxygen atoms in total. The number of nitrogens with two attached hydrogens (primary N) is 1. The Bertz CT molecular complexity index is 411. The highest BCUT2D eigenvalue weighted by molar-refractivity contribution is 7.80. The third-order valence-electron chi connectivity index (χ3n) is 1.45. The lowest BCUT2D eigenvalue weighted by Gasteiger charge is -2.14. The quantitative estimate of drug-likeness (QED) is 0.811. The van der Waals surface area contributed by atoms with Gasteiger partial charge in [-0.1, -0.05) is 17.7 Å². The first kappa shape index (κ1) is 12.9. The van der Waals surface area contributed by atoms with Gasteiger partial charge in [0.25, 0.3) is 0 Å². The van der Waals surface area contributed by atoms with E-state index in [4.69, 9.17) is 17.3 Å². The standard InChI is InChI=1S/C8H6ClF3N2OS/c9-4-2-1-3-5(15-8(10,11)12)6(4)14-7(13)16/h1-3H,(H3,13,14,16). The first-order valence-electron chi connectivity index (χ1n) is 3.90. The number of halogens is 4. The molecule has 0 aliphatic heterocycles. The Morgan fingerprint density at radius 1 is 1.44 bits per heavy atom. The summed E-state index contributed by atoms with van der Waals surface area (Å²) < 4.78 is 39.9. The summed E-state index contributed by atoms with van der Waals surface area (Å²) in [5.41, 5.74) is 5.03. The zero-order valence-electron chi connectivity index (χ0n) is 7.64. The summed E-state index contributed by atoms with van der Waals surface area (Å²) >= 11 is 10.2. The molecule has 0 unspecified atom stereocenters. The molecule has 0 aliphatic carbocycles. The van der Waals surface area contributed by atoms with Crippen molar-refractivity contribution in [3.8, 4) is 5.75 Å². The van der Waals surface area contributed by atoms with Crippen LogP contribution in [0.25, 0.3) is 0 Å². The number of nitrogens with one attached hydrogen (secondary N) is 1. The Hall–Kier alpha value is -1.21. The zero-order chi connectivity index (χ0) is 12.3. The predicted octanol–water partition coefficient (Wildman–Crippen LogP) is 2.89. The highest BCUT2D eigenvalue weighted by Crippen LogP contribution is 2.35. The summed E-state index contributed by atoms with van der Waals surface area (Å²) in [4.78, 5) is 0. The number of benzene rings is 1. The smallest absolute Gasteiger partial charge is 0.404 e. The van der Waals surface area contributed by atoms with Crippen LogP contribution in [0.2, 0.25) is 5.02 Å². The van der Waals surface area contributed by atoms with Crippen LogP contribution in [-0.2, 0) is 0 Å². The Kier molecular flexibility index (Phi) is 3.82. The van der Waals surface area contributed by atoms with Crippen LogP contribution in [0.5, 0.6) is 5.75 Å². The molecule has 0 aliphatic rings. The van der Waals surface area contributed by atoms with Gasteiger partial charge in [0.15, 0.2) is 10.9 Å². The molecule has 88 valence electrons. The first-order valence-corrected chi connectivity index (χ1v) is 4.69. The number of ether oxygens (including phenoxy) is 1. The average molecular weight is 271 g/mol. The van der Waals surface area contributed by atoms with E-state index in [1.54, 1.807) is 0 Å². The molecule has 8 heteroatoms. The maximum atomic E-state index is 12.0. The minimum Gasteiger partial charge on any atom is -0.404 e. The zero-order valence-corrected chi connectivity index (χ0v) is 9.21. The van der Waals surface area contributed by atoms with Crippen LogP contribution >= 0.6 is 23.8 Å². The van der Waals surface area contributed by atoms with Gasteiger partial charge in [-0.15, -0.1) is 13.2 Å². The SMILES string of the molecule is NC(=S)Nc1c(Cl)cccc1OC(F)(F)F. The molecular weight excluding hydrogens is 265 g/mol. The van der Waals surface area contributed by atoms with Crippen LogP contribution in [0.3, 0.4) is 0 Å². The Morgan fingerprint density at radius 2 is 2.06 bits per heavy atom. The molecule has 0 aromatic heterocycles. The van der Waals surface area contributed by atoms with Crippen molar-refractivity contribution in [3.63, 3.8) is 0 Å². The fourth-order valence-corrected chi connectivity index (χ4v) is 1.27. The molecule has 0 heterocycles. The number of para-hydroxylation sites is 1. The van der Waals surface area contributed by atoms with E-state index in [9.17, 15) is 13.2 Å². The van der Waals surface area contributed by atoms with Crippen LogP contribution in [0, 0.1) is 0 Å². The summed E-state index contributed by atoms with van der Waals surface area (Å²) in [5.74, 6) is -0.493. The van der Waals surface area contributed by atoms with Gasteiger partial charge in [-0.25, -0.2) is 0 Å². The summed E-state index contributed by atoms with van der Waals surface area (Å²) in [6.45, 7) is 0. The fourth-order valence-electron chi connectivity index (χ4n) is 0.959. The third-order valence-corrected chi connectivity index (χ3v) is 1.87. The van der Waals surface area contributed by atoms with Crippen LogP contribution in [0.4, 0.5) is 18.9 Å². The van der Waals surface area contributed by atoms with Crippen molar-refractivity contribution in [1.82, 2.24) is 0 Å². The molecule has 0 amide bonds. The number of thiocarbonyl (C=S) groups is 1. The van der Waals surface area contributed by atoms with Gasteiger partial charge in [0, 0.05) is 0 Å². The van der Waals surface area contributed by atoms with Crippen LogP contribution in [0.15, 0.2) is 18.2 Å². The largest absolute Gasteiger partial charge is 0.573 e.